The number of rotatable bonds is 16. The van der Waals surface area contributed by atoms with Crippen molar-refractivity contribution >= 4 is 23.0 Å². The van der Waals surface area contributed by atoms with E-state index >= 15 is 4.79 Å². The van der Waals surface area contributed by atoms with Gasteiger partial charge < -0.3 is 138 Å². The van der Waals surface area contributed by atoms with Crippen LogP contribution >= 0.6 is 0 Å². The molecular weight excluding hydrogens is 1120 g/mol. The first-order valence-electron chi connectivity index (χ1n) is 26.0. The lowest BCUT2D eigenvalue weighted by atomic mass is 9.95. The summed E-state index contributed by atoms with van der Waals surface area (Å²) in [4.78, 5) is 27.9. The van der Waals surface area contributed by atoms with E-state index in [1.54, 1.807) is 0 Å². The predicted octanol–water partition coefficient (Wildman–Crippen LogP) is -4.63. The number of esters is 1. The number of hydrogen-bond acceptors (Lipinski definition) is 30. The molecular formula is C53H64O30. The molecule has 1 aromatic heterocycles. The van der Waals surface area contributed by atoms with Gasteiger partial charge in [-0.15, -0.1) is 0 Å². The minimum absolute atomic E-state index is 0.0121. The van der Waals surface area contributed by atoms with E-state index in [1.807, 2.05) is 0 Å². The van der Waals surface area contributed by atoms with Crippen molar-refractivity contribution in [3.8, 4) is 40.1 Å². The molecule has 5 fully saturated rings. The van der Waals surface area contributed by atoms with E-state index in [9.17, 15) is 86.5 Å². The highest BCUT2D eigenvalue weighted by Gasteiger charge is 2.57. The van der Waals surface area contributed by atoms with Gasteiger partial charge in [-0.2, -0.15) is 0 Å². The SMILES string of the molecule is C[C@@H]1O[C@@H](Oc2cc(O)c3c(=O)c(O[C@@H]4O[C@@H](C)[C@H](O[C@@H]5OC[C@@H](O)[C@H](O)[C@H]5O)[C@@H](O[C@@H]5O[C@H](COC(=O)C=Cc6ccc(O)cc6)[C@@H](O)[C@H](O)[C@H]5O)[C@H]4O[C@@H]4O[C@H](CO)[C@@H](O)[C@H](O)[C@H]4O)c(-c4ccc(O)cc4)oc3c2)[C@H](O)[C@H](O)[C@H]1O. The Morgan fingerprint density at radius 3 is 1.78 bits per heavy atom. The maximum absolute atomic E-state index is 15.0. The Labute approximate surface area is 468 Å². The molecule has 0 spiro atoms. The molecule has 456 valence electrons. The third-order valence-corrected chi connectivity index (χ3v) is 14.6. The van der Waals surface area contributed by atoms with Crippen molar-refractivity contribution in [1.29, 1.82) is 0 Å². The summed E-state index contributed by atoms with van der Waals surface area (Å²) in [6, 6.07) is 12.7. The Hall–Kier alpha value is -5.76. The third-order valence-electron chi connectivity index (χ3n) is 14.6. The Morgan fingerprint density at radius 1 is 0.578 bits per heavy atom. The van der Waals surface area contributed by atoms with Crippen molar-refractivity contribution in [3.05, 3.63) is 82.5 Å². The van der Waals surface area contributed by atoms with E-state index in [-0.39, 0.29) is 22.8 Å². The van der Waals surface area contributed by atoms with Crippen molar-refractivity contribution in [2.45, 2.75) is 161 Å². The number of ether oxygens (including phenoxy) is 11. The number of carbonyl (C=O) groups is 1. The summed E-state index contributed by atoms with van der Waals surface area (Å²) in [5, 5.41) is 172. The molecule has 0 unspecified atom stereocenters. The molecule has 0 amide bonds. The molecule has 5 aliphatic rings. The second-order valence-electron chi connectivity index (χ2n) is 20.4. The van der Waals surface area contributed by atoms with Gasteiger partial charge in [0.1, 0.15) is 138 Å². The molecule has 4 aromatic rings. The fourth-order valence-electron chi connectivity index (χ4n) is 9.82. The monoisotopic (exact) mass is 1180 g/mol. The highest BCUT2D eigenvalue weighted by Crippen LogP contribution is 2.41. The van der Waals surface area contributed by atoms with Gasteiger partial charge in [0.25, 0.3) is 0 Å². The van der Waals surface area contributed by atoms with Crippen molar-refractivity contribution in [2.24, 2.45) is 0 Å². The van der Waals surface area contributed by atoms with Gasteiger partial charge in [-0.05, 0) is 61.9 Å². The summed E-state index contributed by atoms with van der Waals surface area (Å²) in [5.41, 5.74) is -1.13. The number of aliphatic hydroxyl groups is 13. The minimum Gasteiger partial charge on any atom is -0.508 e. The van der Waals surface area contributed by atoms with Gasteiger partial charge in [0.2, 0.25) is 23.8 Å². The molecule has 30 heteroatoms. The number of fused-ring (bicyclic) bond motifs is 1. The highest BCUT2D eigenvalue weighted by molar-refractivity contribution is 5.88. The van der Waals surface area contributed by atoms with E-state index in [0.29, 0.717) is 5.56 Å². The number of aliphatic hydroxyl groups excluding tert-OH is 13. The topological polar surface area (TPSA) is 472 Å². The molecule has 6 heterocycles. The second kappa shape index (κ2) is 25.8. The normalized spacial score (nSPS) is 38.7. The Kier molecular flexibility index (Phi) is 19.2. The number of hydrogen-bond donors (Lipinski definition) is 16. The number of phenolic OH excluding ortho intramolecular Hbond substituents is 3. The average molecular weight is 1180 g/mol. The molecule has 5 aliphatic heterocycles. The van der Waals surface area contributed by atoms with Crippen LogP contribution in [-0.4, -0.2) is 255 Å². The van der Waals surface area contributed by atoms with E-state index in [1.165, 1.54) is 68.5 Å². The molecule has 0 aliphatic carbocycles. The first-order chi connectivity index (χ1) is 39.4. The number of carbonyl (C=O) groups excluding carboxylic acids is 1. The van der Waals surface area contributed by atoms with E-state index in [0.717, 1.165) is 18.2 Å². The number of benzene rings is 3. The summed E-state index contributed by atoms with van der Waals surface area (Å²) in [6.45, 7) is 0.284. The van der Waals surface area contributed by atoms with Gasteiger partial charge in [0.15, 0.2) is 30.7 Å². The van der Waals surface area contributed by atoms with Crippen LogP contribution in [0, 0.1) is 0 Å². The molecule has 3 aromatic carbocycles. The summed E-state index contributed by atoms with van der Waals surface area (Å²) < 4.78 is 71.8. The van der Waals surface area contributed by atoms with Crippen molar-refractivity contribution < 1.29 is 143 Å². The van der Waals surface area contributed by atoms with Crippen LogP contribution in [0.3, 0.4) is 0 Å². The first kappa shape index (κ1) is 61.8. The van der Waals surface area contributed by atoms with Crippen LogP contribution in [0.15, 0.2) is 76.0 Å². The smallest absolute Gasteiger partial charge is 0.330 e. The van der Waals surface area contributed by atoms with Crippen LogP contribution in [0.25, 0.3) is 28.4 Å². The van der Waals surface area contributed by atoms with Crippen LogP contribution in [0.5, 0.6) is 28.7 Å². The van der Waals surface area contributed by atoms with Crippen LogP contribution in [0.2, 0.25) is 0 Å². The molecule has 24 atom stereocenters. The fraction of sp³-hybridized carbons (Fsp3) is 0.547. The molecule has 5 saturated heterocycles. The summed E-state index contributed by atoms with van der Waals surface area (Å²) in [5.74, 6) is -3.72. The summed E-state index contributed by atoms with van der Waals surface area (Å²) in [7, 11) is 0. The Bertz CT molecular complexity index is 2920. The number of aromatic hydroxyl groups is 3. The fourth-order valence-corrected chi connectivity index (χ4v) is 9.82. The lowest BCUT2D eigenvalue weighted by molar-refractivity contribution is -0.396. The van der Waals surface area contributed by atoms with Crippen molar-refractivity contribution in [1.82, 2.24) is 0 Å². The Balaban J connectivity index is 1.12. The first-order valence-corrected chi connectivity index (χ1v) is 26.0. The van der Waals surface area contributed by atoms with Crippen molar-refractivity contribution in [2.75, 3.05) is 19.8 Å². The van der Waals surface area contributed by atoms with E-state index < -0.39 is 207 Å². The van der Waals surface area contributed by atoms with Crippen molar-refractivity contribution in [3.63, 3.8) is 0 Å². The molecule has 30 nitrogen and oxygen atoms in total. The zero-order valence-electron chi connectivity index (χ0n) is 43.8. The van der Waals surface area contributed by atoms with E-state index in [4.69, 9.17) is 56.5 Å². The zero-order valence-corrected chi connectivity index (χ0v) is 43.8. The van der Waals surface area contributed by atoms with Gasteiger partial charge in [0, 0.05) is 23.8 Å². The molecule has 16 N–H and O–H groups in total. The standard InChI is InChI=1S/C53H64O30/c1-18-32(60)37(65)41(69)50(74-18)76-24-13-25(57)31-27(14-24)77-45(21-6-10-23(56)11-7-21)46(36(31)64)81-53-48(83-51-42(70)38(66)34(62)28(15-54)78-51)47(44(19(2)75-53)80-49-40(68)33(61)26(58)16-73-49)82-52-43(71)39(67)35(63)29(79-52)17-72-30(59)12-5-20-3-8-22(55)9-4-20/h3-14,18-19,26,28-29,32-35,37-44,47-58,60-63,65-71H,15-17H2,1-2H3/t18-,19-,26+,28+,29+,32-,33-,34+,35+,37+,38-,39-,40+,41+,42+,43+,44-,47+,48+,49-,50-,51-,52-,53-/m0/s1. The zero-order chi connectivity index (χ0) is 59.9. The quantitative estimate of drug-likeness (QED) is 0.0371. The summed E-state index contributed by atoms with van der Waals surface area (Å²) >= 11 is 0. The van der Waals surface area contributed by atoms with Gasteiger partial charge in [0.05, 0.1) is 25.4 Å². The lowest BCUT2D eigenvalue weighted by Gasteiger charge is -2.50. The van der Waals surface area contributed by atoms with Gasteiger partial charge >= 0.3 is 5.97 Å². The highest BCUT2D eigenvalue weighted by atomic mass is 16.8. The molecule has 0 radical (unpaired) electrons. The molecule has 9 rings (SSSR count). The van der Waals surface area contributed by atoms with Crippen LogP contribution in [0.1, 0.15) is 19.4 Å². The lowest BCUT2D eigenvalue weighted by Crippen LogP contribution is -2.68. The average Bonchev–Trinajstić information content (AvgIpc) is 3.55. The third kappa shape index (κ3) is 13.1. The maximum Gasteiger partial charge on any atom is 0.330 e. The van der Waals surface area contributed by atoms with Crippen LogP contribution in [0.4, 0.5) is 0 Å². The maximum atomic E-state index is 15.0. The van der Waals surface area contributed by atoms with Gasteiger partial charge in [-0.1, -0.05) is 12.1 Å². The van der Waals surface area contributed by atoms with Gasteiger partial charge in [-0.3, -0.25) is 4.79 Å². The van der Waals surface area contributed by atoms with Crippen LogP contribution in [-0.2, 0) is 47.4 Å². The summed E-state index contributed by atoms with van der Waals surface area (Å²) in [6.07, 6.45) is -42.8. The molecule has 83 heavy (non-hydrogen) atoms. The predicted molar refractivity (Wildman–Crippen MR) is 270 cm³/mol. The van der Waals surface area contributed by atoms with Crippen LogP contribution < -0.4 is 14.9 Å². The number of phenols is 3. The Morgan fingerprint density at radius 2 is 1.13 bits per heavy atom. The van der Waals surface area contributed by atoms with Gasteiger partial charge in [-0.25, -0.2) is 4.79 Å². The minimum atomic E-state index is -2.23. The molecule has 0 saturated carbocycles. The largest absolute Gasteiger partial charge is 0.508 e. The van der Waals surface area contributed by atoms with E-state index in [2.05, 4.69) is 0 Å². The molecule has 0 bridgehead atoms. The second-order valence-corrected chi connectivity index (χ2v) is 20.4.